The number of nitro groups is 1. The number of rotatable bonds is 4. The topological polar surface area (TPSA) is 72.7 Å². The molecule has 1 saturated heterocycles. The molecular weight excluding hydrogens is 308 g/mol. The molecule has 1 fully saturated rings. The van der Waals surface area contributed by atoms with Crippen LogP contribution in [0.25, 0.3) is 0 Å². The van der Waals surface area contributed by atoms with Crippen molar-refractivity contribution in [3.05, 3.63) is 75.8 Å². The average molecular weight is 326 g/mol. The number of morpholine rings is 1. The summed E-state index contributed by atoms with van der Waals surface area (Å²) >= 11 is 0. The predicted octanol–water partition coefficient (Wildman–Crippen LogP) is 3.26. The summed E-state index contributed by atoms with van der Waals surface area (Å²) in [7, 11) is 0. The lowest BCUT2D eigenvalue weighted by Gasteiger charge is -2.37. The van der Waals surface area contributed by atoms with Crippen molar-refractivity contribution in [2.24, 2.45) is 0 Å². The van der Waals surface area contributed by atoms with Crippen LogP contribution >= 0.6 is 0 Å². The van der Waals surface area contributed by atoms with Crippen LogP contribution in [0.15, 0.2) is 54.6 Å². The first-order chi connectivity index (χ1) is 11.6. The van der Waals surface area contributed by atoms with Gasteiger partial charge in [0, 0.05) is 12.1 Å². The van der Waals surface area contributed by atoms with Gasteiger partial charge >= 0.3 is 0 Å². The molecule has 2 aromatic rings. The summed E-state index contributed by atoms with van der Waals surface area (Å²) in [5, 5.41) is 10.8. The Balaban J connectivity index is 1.78. The highest BCUT2D eigenvalue weighted by Crippen LogP contribution is 2.29. The Morgan fingerprint density at radius 1 is 1.17 bits per heavy atom. The number of amides is 1. The SMILES string of the molecule is C[C@H](c1ccccc1)N1C[C@H](c2ccc([N+](=O)[O-])cc2)OCC1=O. The number of carbonyl (C=O) groups is 1. The highest BCUT2D eigenvalue weighted by atomic mass is 16.6. The van der Waals surface area contributed by atoms with Crippen molar-refractivity contribution < 1.29 is 14.5 Å². The largest absolute Gasteiger partial charge is 0.362 e. The van der Waals surface area contributed by atoms with Crippen LogP contribution in [0.3, 0.4) is 0 Å². The summed E-state index contributed by atoms with van der Waals surface area (Å²) in [6.07, 6.45) is -0.283. The van der Waals surface area contributed by atoms with Gasteiger partial charge in [0.15, 0.2) is 0 Å². The molecule has 0 spiro atoms. The van der Waals surface area contributed by atoms with Gasteiger partial charge in [-0.05, 0) is 30.2 Å². The lowest BCUT2D eigenvalue weighted by molar-refractivity contribution is -0.384. The second-order valence-electron chi connectivity index (χ2n) is 5.78. The molecule has 2 aromatic carbocycles. The molecule has 124 valence electrons. The van der Waals surface area contributed by atoms with Crippen molar-refractivity contribution in [2.75, 3.05) is 13.2 Å². The molecule has 1 amide bonds. The van der Waals surface area contributed by atoms with Crippen molar-refractivity contribution in [3.63, 3.8) is 0 Å². The molecule has 24 heavy (non-hydrogen) atoms. The van der Waals surface area contributed by atoms with Gasteiger partial charge in [0.05, 0.1) is 17.5 Å². The molecule has 6 heteroatoms. The fourth-order valence-corrected chi connectivity index (χ4v) is 2.89. The molecule has 6 nitrogen and oxygen atoms in total. The van der Waals surface area contributed by atoms with Crippen molar-refractivity contribution in [3.8, 4) is 0 Å². The van der Waals surface area contributed by atoms with Crippen LogP contribution in [0.4, 0.5) is 5.69 Å². The Morgan fingerprint density at radius 3 is 2.46 bits per heavy atom. The standard InChI is InChI=1S/C18H18N2O4/c1-13(14-5-3-2-4-6-14)19-11-17(24-12-18(19)21)15-7-9-16(10-8-15)20(22)23/h2-10,13,17H,11-12H2,1H3/t13-,17-/m1/s1. The molecule has 1 aliphatic rings. The molecule has 0 unspecified atom stereocenters. The Morgan fingerprint density at radius 2 is 1.83 bits per heavy atom. The second-order valence-corrected chi connectivity index (χ2v) is 5.78. The first-order valence-corrected chi connectivity index (χ1v) is 7.76. The number of nitrogens with zero attached hydrogens (tertiary/aromatic N) is 2. The third-order valence-corrected chi connectivity index (χ3v) is 4.32. The van der Waals surface area contributed by atoms with E-state index in [0.717, 1.165) is 11.1 Å². The molecule has 1 aliphatic heterocycles. The number of ether oxygens (including phenoxy) is 1. The molecule has 2 atom stereocenters. The van der Waals surface area contributed by atoms with Crippen molar-refractivity contribution >= 4 is 11.6 Å². The summed E-state index contributed by atoms with van der Waals surface area (Å²) in [5.74, 6) is -0.0514. The van der Waals surface area contributed by atoms with Crippen molar-refractivity contribution in [2.45, 2.75) is 19.1 Å². The first kappa shape index (κ1) is 16.1. The lowest BCUT2D eigenvalue weighted by Crippen LogP contribution is -2.44. The van der Waals surface area contributed by atoms with Gasteiger partial charge in [-0.25, -0.2) is 0 Å². The monoisotopic (exact) mass is 326 g/mol. The van der Waals surface area contributed by atoms with Crippen LogP contribution < -0.4 is 0 Å². The van der Waals surface area contributed by atoms with E-state index >= 15 is 0 Å². The van der Waals surface area contributed by atoms with E-state index in [0.29, 0.717) is 6.54 Å². The van der Waals surface area contributed by atoms with Crippen LogP contribution in [0.1, 0.15) is 30.2 Å². The van der Waals surface area contributed by atoms with E-state index in [2.05, 4.69) is 0 Å². The minimum absolute atomic E-state index is 0.0127. The maximum absolute atomic E-state index is 12.2. The zero-order valence-electron chi connectivity index (χ0n) is 13.3. The van der Waals surface area contributed by atoms with Crippen LogP contribution in [-0.4, -0.2) is 28.9 Å². The number of benzene rings is 2. The minimum Gasteiger partial charge on any atom is -0.362 e. The number of non-ortho nitro benzene ring substituents is 1. The van der Waals surface area contributed by atoms with Gasteiger partial charge < -0.3 is 9.64 Å². The van der Waals surface area contributed by atoms with Crippen LogP contribution in [0.2, 0.25) is 0 Å². The van der Waals surface area contributed by atoms with Crippen LogP contribution in [-0.2, 0) is 9.53 Å². The molecule has 0 bridgehead atoms. The molecule has 0 N–H and O–H groups in total. The highest BCUT2D eigenvalue weighted by Gasteiger charge is 2.31. The molecule has 3 rings (SSSR count). The highest BCUT2D eigenvalue weighted by molar-refractivity contribution is 5.78. The number of hydrogen-bond acceptors (Lipinski definition) is 4. The van der Waals surface area contributed by atoms with E-state index in [9.17, 15) is 14.9 Å². The summed E-state index contributed by atoms with van der Waals surface area (Å²) in [6, 6.07) is 16.1. The average Bonchev–Trinajstić information content (AvgIpc) is 2.62. The smallest absolute Gasteiger partial charge is 0.269 e. The zero-order chi connectivity index (χ0) is 17.1. The van der Waals surface area contributed by atoms with Gasteiger partial charge in [0.2, 0.25) is 5.91 Å². The molecule has 0 saturated carbocycles. The third kappa shape index (κ3) is 3.28. The van der Waals surface area contributed by atoms with Crippen molar-refractivity contribution in [1.82, 2.24) is 4.90 Å². The van der Waals surface area contributed by atoms with E-state index in [1.165, 1.54) is 12.1 Å². The van der Waals surface area contributed by atoms with Gasteiger partial charge in [0.25, 0.3) is 5.69 Å². The molecular formula is C18H18N2O4. The number of nitro benzene ring substituents is 1. The maximum Gasteiger partial charge on any atom is 0.269 e. The predicted molar refractivity (Wildman–Crippen MR) is 88.4 cm³/mol. The van der Waals surface area contributed by atoms with E-state index < -0.39 is 4.92 Å². The summed E-state index contributed by atoms with van der Waals surface area (Å²) in [6.45, 7) is 2.43. The van der Waals surface area contributed by atoms with Gasteiger partial charge in [-0.1, -0.05) is 30.3 Å². The fourth-order valence-electron chi connectivity index (χ4n) is 2.89. The summed E-state index contributed by atoms with van der Waals surface area (Å²) in [4.78, 5) is 24.4. The Kier molecular flexibility index (Phi) is 4.57. The Hall–Kier alpha value is -2.73. The third-order valence-electron chi connectivity index (χ3n) is 4.32. The van der Waals surface area contributed by atoms with Gasteiger partial charge in [-0.3, -0.25) is 14.9 Å². The molecule has 0 radical (unpaired) electrons. The fraction of sp³-hybridized carbons (Fsp3) is 0.278. The minimum atomic E-state index is -0.432. The number of hydrogen-bond donors (Lipinski definition) is 0. The zero-order valence-corrected chi connectivity index (χ0v) is 13.3. The molecule has 0 aromatic heterocycles. The number of carbonyl (C=O) groups excluding carboxylic acids is 1. The normalized spacial score (nSPS) is 19.1. The van der Waals surface area contributed by atoms with Crippen molar-refractivity contribution in [1.29, 1.82) is 0 Å². The van der Waals surface area contributed by atoms with E-state index in [1.807, 2.05) is 37.3 Å². The first-order valence-electron chi connectivity index (χ1n) is 7.76. The summed E-state index contributed by atoms with van der Waals surface area (Å²) < 4.78 is 5.63. The summed E-state index contributed by atoms with van der Waals surface area (Å²) in [5.41, 5.74) is 1.94. The molecule has 1 heterocycles. The quantitative estimate of drug-likeness (QED) is 0.638. The lowest BCUT2D eigenvalue weighted by atomic mass is 10.0. The molecule has 0 aliphatic carbocycles. The van der Waals surface area contributed by atoms with Gasteiger partial charge in [0.1, 0.15) is 12.7 Å². The second kappa shape index (κ2) is 6.80. The van der Waals surface area contributed by atoms with Gasteiger partial charge in [-0.2, -0.15) is 0 Å². The Bertz CT molecular complexity index is 730. The Labute approximate surface area is 139 Å². The van der Waals surface area contributed by atoms with Crippen LogP contribution in [0.5, 0.6) is 0 Å². The van der Waals surface area contributed by atoms with E-state index in [4.69, 9.17) is 4.74 Å². The van der Waals surface area contributed by atoms with E-state index in [1.54, 1.807) is 17.0 Å². The van der Waals surface area contributed by atoms with E-state index in [-0.39, 0.29) is 30.3 Å². The maximum atomic E-state index is 12.2. The van der Waals surface area contributed by atoms with Gasteiger partial charge in [-0.15, -0.1) is 0 Å². The van der Waals surface area contributed by atoms with Crippen LogP contribution in [0, 0.1) is 10.1 Å².